The molecule has 47 heavy (non-hydrogen) atoms. The Morgan fingerprint density at radius 2 is 0.957 bits per heavy atom. The van der Waals surface area contributed by atoms with Crippen LogP contribution in [-0.2, 0) is 10.8 Å². The summed E-state index contributed by atoms with van der Waals surface area (Å²) in [4.78, 5) is 0. The summed E-state index contributed by atoms with van der Waals surface area (Å²) in [6.45, 7) is 0. The van der Waals surface area contributed by atoms with Crippen LogP contribution in [0.15, 0.2) is 186 Å². The Hall–Kier alpha value is -4.98. The number of rotatable bonds is 6. The molecule has 1 heteroatoms. The SMILES string of the molecule is Brc1ccc(C2CC2(c2ccc(-c3ccccc3)cc2)c2ccc3c(c2)C(c2ccccc2)(c2ccccc2)c2ccccc2-3)cc1. The standard InChI is InChI=1S/C46H33Br/c47-39-27-22-34(23-28-39)44-31-45(44,35-24-20-33(21-25-35)32-12-4-1-5-13-32)38-26-29-41-40-18-10-11-19-42(40)46(43(41)30-38,36-14-6-2-7-15-36)37-16-8-3-9-17-37/h1-30,44H,31H2. The molecule has 2 aliphatic rings. The van der Waals surface area contributed by atoms with Gasteiger partial charge in [0.15, 0.2) is 0 Å². The third-order valence-electron chi connectivity index (χ3n) is 10.7. The molecule has 2 unspecified atom stereocenters. The Balaban J connectivity index is 1.28. The van der Waals surface area contributed by atoms with E-state index in [4.69, 9.17) is 0 Å². The fraction of sp³-hybridized carbons (Fsp3) is 0.0870. The zero-order valence-electron chi connectivity index (χ0n) is 26.0. The molecule has 0 bridgehead atoms. The molecule has 224 valence electrons. The maximum absolute atomic E-state index is 3.67. The van der Waals surface area contributed by atoms with Crippen molar-refractivity contribution in [2.75, 3.05) is 0 Å². The molecule has 0 nitrogen and oxygen atoms in total. The Kier molecular flexibility index (Phi) is 6.66. The number of hydrogen-bond donors (Lipinski definition) is 0. The molecule has 0 amide bonds. The first-order chi connectivity index (χ1) is 23.2. The topological polar surface area (TPSA) is 0 Å². The summed E-state index contributed by atoms with van der Waals surface area (Å²) in [5.41, 5.74) is 14.1. The van der Waals surface area contributed by atoms with E-state index in [0.717, 1.165) is 10.9 Å². The minimum Gasteiger partial charge on any atom is -0.0622 e. The van der Waals surface area contributed by atoms with E-state index >= 15 is 0 Å². The molecule has 7 aromatic carbocycles. The highest BCUT2D eigenvalue weighted by atomic mass is 79.9. The van der Waals surface area contributed by atoms with E-state index in [1.807, 2.05) is 0 Å². The maximum Gasteiger partial charge on any atom is 0.0713 e. The molecule has 2 aliphatic carbocycles. The van der Waals surface area contributed by atoms with Crippen molar-refractivity contribution >= 4 is 15.9 Å². The lowest BCUT2D eigenvalue weighted by molar-refractivity contribution is 0.754. The van der Waals surface area contributed by atoms with Gasteiger partial charge in [0.05, 0.1) is 5.41 Å². The first-order valence-electron chi connectivity index (χ1n) is 16.5. The minimum absolute atomic E-state index is 0.119. The van der Waals surface area contributed by atoms with Crippen molar-refractivity contribution in [1.82, 2.24) is 0 Å². The van der Waals surface area contributed by atoms with Crippen molar-refractivity contribution in [3.05, 3.63) is 225 Å². The van der Waals surface area contributed by atoms with E-state index < -0.39 is 5.41 Å². The average Bonchev–Trinajstić information content (AvgIpc) is 3.84. The predicted octanol–water partition coefficient (Wildman–Crippen LogP) is 12.0. The predicted molar refractivity (Wildman–Crippen MR) is 198 cm³/mol. The molecular weight excluding hydrogens is 632 g/mol. The fourth-order valence-corrected chi connectivity index (χ4v) is 8.74. The molecule has 2 atom stereocenters. The van der Waals surface area contributed by atoms with E-state index in [1.54, 1.807) is 0 Å². The van der Waals surface area contributed by atoms with Crippen LogP contribution in [0, 0.1) is 0 Å². The summed E-state index contributed by atoms with van der Waals surface area (Å²) in [6, 6.07) is 67.7. The van der Waals surface area contributed by atoms with Crippen molar-refractivity contribution in [2.45, 2.75) is 23.2 Å². The van der Waals surface area contributed by atoms with Crippen LogP contribution in [0.4, 0.5) is 0 Å². The summed E-state index contributed by atoms with van der Waals surface area (Å²) in [6.07, 6.45) is 1.08. The van der Waals surface area contributed by atoms with Crippen molar-refractivity contribution in [3.8, 4) is 22.3 Å². The highest BCUT2D eigenvalue weighted by Crippen LogP contribution is 2.66. The van der Waals surface area contributed by atoms with Gasteiger partial charge in [-0.2, -0.15) is 0 Å². The molecule has 7 aromatic rings. The lowest BCUT2D eigenvalue weighted by Gasteiger charge is -2.34. The summed E-state index contributed by atoms with van der Waals surface area (Å²) in [5, 5.41) is 0. The average molecular weight is 666 g/mol. The van der Waals surface area contributed by atoms with Gasteiger partial charge in [-0.25, -0.2) is 0 Å². The molecule has 0 aliphatic heterocycles. The van der Waals surface area contributed by atoms with Gasteiger partial charge in [0, 0.05) is 9.89 Å². The smallest absolute Gasteiger partial charge is 0.0622 e. The van der Waals surface area contributed by atoms with Crippen LogP contribution >= 0.6 is 15.9 Å². The number of fused-ring (bicyclic) bond motifs is 3. The van der Waals surface area contributed by atoms with Crippen molar-refractivity contribution < 1.29 is 0 Å². The third-order valence-corrected chi connectivity index (χ3v) is 11.2. The van der Waals surface area contributed by atoms with Gasteiger partial charge in [0.25, 0.3) is 0 Å². The first-order valence-corrected chi connectivity index (χ1v) is 17.3. The van der Waals surface area contributed by atoms with Gasteiger partial charge < -0.3 is 0 Å². The summed E-state index contributed by atoms with van der Waals surface area (Å²) < 4.78 is 1.12. The maximum atomic E-state index is 3.67. The summed E-state index contributed by atoms with van der Waals surface area (Å²) in [7, 11) is 0. The van der Waals surface area contributed by atoms with E-state index in [0.29, 0.717) is 5.92 Å². The Bertz CT molecular complexity index is 2160. The molecule has 1 saturated carbocycles. The second-order valence-corrected chi connectivity index (χ2v) is 13.9. The monoisotopic (exact) mass is 664 g/mol. The van der Waals surface area contributed by atoms with E-state index in [1.165, 1.54) is 61.2 Å². The van der Waals surface area contributed by atoms with Gasteiger partial charge in [-0.1, -0.05) is 186 Å². The lowest BCUT2D eigenvalue weighted by Crippen LogP contribution is -2.29. The van der Waals surface area contributed by atoms with Gasteiger partial charge >= 0.3 is 0 Å². The van der Waals surface area contributed by atoms with Gasteiger partial charge in [-0.05, 0) is 85.7 Å². The van der Waals surface area contributed by atoms with Crippen LogP contribution in [0.5, 0.6) is 0 Å². The molecule has 9 rings (SSSR count). The van der Waals surface area contributed by atoms with Crippen LogP contribution in [0.3, 0.4) is 0 Å². The fourth-order valence-electron chi connectivity index (χ4n) is 8.48. The second-order valence-electron chi connectivity index (χ2n) is 13.0. The quantitative estimate of drug-likeness (QED) is 0.166. The number of hydrogen-bond acceptors (Lipinski definition) is 0. The van der Waals surface area contributed by atoms with Crippen LogP contribution in [0.2, 0.25) is 0 Å². The van der Waals surface area contributed by atoms with Crippen LogP contribution in [-0.4, -0.2) is 0 Å². The highest BCUT2D eigenvalue weighted by Gasteiger charge is 2.58. The van der Waals surface area contributed by atoms with E-state index in [2.05, 4.69) is 198 Å². The zero-order valence-corrected chi connectivity index (χ0v) is 27.6. The Morgan fingerprint density at radius 1 is 0.426 bits per heavy atom. The van der Waals surface area contributed by atoms with E-state index in [9.17, 15) is 0 Å². The lowest BCUT2D eigenvalue weighted by atomic mass is 9.67. The molecule has 1 fully saturated rings. The Labute approximate surface area is 285 Å². The molecule has 0 N–H and O–H groups in total. The highest BCUT2D eigenvalue weighted by molar-refractivity contribution is 9.10. The molecular formula is C46H33Br. The van der Waals surface area contributed by atoms with Crippen molar-refractivity contribution in [2.24, 2.45) is 0 Å². The van der Waals surface area contributed by atoms with Gasteiger partial charge in [-0.15, -0.1) is 0 Å². The third kappa shape index (κ3) is 4.34. The molecule has 0 radical (unpaired) electrons. The second kappa shape index (κ2) is 11.1. The molecule has 0 heterocycles. The summed E-state index contributed by atoms with van der Waals surface area (Å²) in [5.74, 6) is 0.392. The normalized spacial score (nSPS) is 18.7. The zero-order chi connectivity index (χ0) is 31.4. The molecule has 0 aromatic heterocycles. The minimum atomic E-state index is -0.412. The first kappa shape index (κ1) is 28.3. The van der Waals surface area contributed by atoms with Gasteiger partial charge in [-0.3, -0.25) is 0 Å². The van der Waals surface area contributed by atoms with Crippen molar-refractivity contribution in [1.29, 1.82) is 0 Å². The van der Waals surface area contributed by atoms with Crippen LogP contribution in [0.25, 0.3) is 22.3 Å². The number of benzene rings is 7. The van der Waals surface area contributed by atoms with Crippen molar-refractivity contribution in [3.63, 3.8) is 0 Å². The van der Waals surface area contributed by atoms with Gasteiger partial charge in [0.1, 0.15) is 0 Å². The molecule has 0 saturated heterocycles. The van der Waals surface area contributed by atoms with Crippen LogP contribution < -0.4 is 0 Å². The Morgan fingerprint density at radius 3 is 1.62 bits per heavy atom. The van der Waals surface area contributed by atoms with Gasteiger partial charge in [0.2, 0.25) is 0 Å². The van der Waals surface area contributed by atoms with Crippen LogP contribution in [0.1, 0.15) is 51.3 Å². The summed E-state index contributed by atoms with van der Waals surface area (Å²) >= 11 is 3.67. The number of halogens is 1. The largest absolute Gasteiger partial charge is 0.0713 e. The van der Waals surface area contributed by atoms with E-state index in [-0.39, 0.29) is 5.41 Å². The molecule has 0 spiro atoms.